The monoisotopic (exact) mass is 264 g/mol. The summed E-state index contributed by atoms with van der Waals surface area (Å²) in [6.07, 6.45) is 3.45. The van der Waals surface area contributed by atoms with E-state index in [9.17, 15) is 0 Å². The molecule has 0 spiro atoms. The first kappa shape index (κ1) is 15.8. The molecule has 0 saturated carbocycles. The number of hydrogen-bond acceptors (Lipinski definition) is 3. The van der Waals surface area contributed by atoms with Gasteiger partial charge in [-0.3, -0.25) is 0 Å². The van der Waals surface area contributed by atoms with E-state index in [1.165, 1.54) is 12.8 Å². The smallest absolute Gasteiger partial charge is 0.142 e. The van der Waals surface area contributed by atoms with E-state index >= 15 is 0 Å². The van der Waals surface area contributed by atoms with Crippen molar-refractivity contribution in [3.8, 4) is 5.75 Å². The summed E-state index contributed by atoms with van der Waals surface area (Å²) in [4.78, 5) is 0. The van der Waals surface area contributed by atoms with Gasteiger partial charge in [-0.15, -0.1) is 0 Å². The SMILES string of the molecule is CCCCC(N)CNc1ccccc1OCC(C)C. The summed E-state index contributed by atoms with van der Waals surface area (Å²) in [5, 5.41) is 3.40. The van der Waals surface area contributed by atoms with E-state index in [-0.39, 0.29) is 6.04 Å². The maximum Gasteiger partial charge on any atom is 0.142 e. The molecule has 0 heterocycles. The number of hydrogen-bond donors (Lipinski definition) is 2. The van der Waals surface area contributed by atoms with E-state index in [1.54, 1.807) is 0 Å². The van der Waals surface area contributed by atoms with Crippen LogP contribution in [-0.4, -0.2) is 19.2 Å². The van der Waals surface area contributed by atoms with Gasteiger partial charge in [0.15, 0.2) is 0 Å². The van der Waals surface area contributed by atoms with Crippen LogP contribution in [0.25, 0.3) is 0 Å². The lowest BCUT2D eigenvalue weighted by Gasteiger charge is -2.17. The molecule has 3 N–H and O–H groups in total. The van der Waals surface area contributed by atoms with Gasteiger partial charge in [-0.2, -0.15) is 0 Å². The first-order valence-electron chi connectivity index (χ1n) is 7.34. The van der Waals surface area contributed by atoms with Crippen LogP contribution in [0.1, 0.15) is 40.0 Å². The fourth-order valence-corrected chi connectivity index (χ4v) is 1.80. The maximum atomic E-state index is 6.08. The zero-order chi connectivity index (χ0) is 14.1. The van der Waals surface area contributed by atoms with E-state index in [4.69, 9.17) is 10.5 Å². The number of para-hydroxylation sites is 2. The molecule has 3 nitrogen and oxygen atoms in total. The molecular weight excluding hydrogens is 236 g/mol. The van der Waals surface area contributed by atoms with Crippen LogP contribution in [0.4, 0.5) is 5.69 Å². The Morgan fingerprint density at radius 3 is 2.68 bits per heavy atom. The van der Waals surface area contributed by atoms with Gasteiger partial charge in [0.2, 0.25) is 0 Å². The second kappa shape index (κ2) is 8.81. The van der Waals surface area contributed by atoms with E-state index in [1.807, 2.05) is 24.3 Å². The second-order valence-corrected chi connectivity index (χ2v) is 5.48. The minimum absolute atomic E-state index is 0.207. The van der Waals surface area contributed by atoms with Crippen LogP contribution in [0.5, 0.6) is 5.75 Å². The number of rotatable bonds is 9. The summed E-state index contributed by atoms with van der Waals surface area (Å²) < 4.78 is 5.81. The lowest BCUT2D eigenvalue weighted by Crippen LogP contribution is -2.29. The van der Waals surface area contributed by atoms with Crippen molar-refractivity contribution < 1.29 is 4.74 Å². The maximum absolute atomic E-state index is 6.08. The third kappa shape index (κ3) is 6.48. The quantitative estimate of drug-likeness (QED) is 0.715. The Morgan fingerprint density at radius 1 is 1.26 bits per heavy atom. The van der Waals surface area contributed by atoms with Crippen LogP contribution in [0.3, 0.4) is 0 Å². The Kier molecular flexibility index (Phi) is 7.34. The molecule has 3 heteroatoms. The van der Waals surface area contributed by atoms with Crippen molar-refractivity contribution in [2.24, 2.45) is 11.7 Å². The average molecular weight is 264 g/mol. The highest BCUT2D eigenvalue weighted by Gasteiger charge is 2.06. The van der Waals surface area contributed by atoms with Gasteiger partial charge in [0.25, 0.3) is 0 Å². The minimum Gasteiger partial charge on any atom is -0.491 e. The van der Waals surface area contributed by atoms with Crippen molar-refractivity contribution in [3.05, 3.63) is 24.3 Å². The normalized spacial score (nSPS) is 12.5. The molecule has 0 aliphatic heterocycles. The minimum atomic E-state index is 0.207. The van der Waals surface area contributed by atoms with Crippen molar-refractivity contribution in [2.75, 3.05) is 18.5 Å². The molecule has 0 bridgehead atoms. The highest BCUT2D eigenvalue weighted by Crippen LogP contribution is 2.24. The predicted molar refractivity (Wildman–Crippen MR) is 82.8 cm³/mol. The summed E-state index contributed by atoms with van der Waals surface area (Å²) in [7, 11) is 0. The first-order chi connectivity index (χ1) is 9.13. The summed E-state index contributed by atoms with van der Waals surface area (Å²) in [6.45, 7) is 8.02. The van der Waals surface area contributed by atoms with Gasteiger partial charge >= 0.3 is 0 Å². The van der Waals surface area contributed by atoms with Crippen LogP contribution in [0.15, 0.2) is 24.3 Å². The van der Waals surface area contributed by atoms with E-state index in [0.29, 0.717) is 5.92 Å². The molecule has 0 fully saturated rings. The van der Waals surface area contributed by atoms with Crippen molar-refractivity contribution >= 4 is 5.69 Å². The van der Waals surface area contributed by atoms with Crippen molar-refractivity contribution in [1.29, 1.82) is 0 Å². The average Bonchev–Trinajstić information content (AvgIpc) is 2.41. The number of unbranched alkanes of at least 4 members (excludes halogenated alkanes) is 1. The van der Waals surface area contributed by atoms with Gasteiger partial charge in [-0.05, 0) is 24.5 Å². The van der Waals surface area contributed by atoms with E-state index in [0.717, 1.165) is 31.0 Å². The molecule has 0 radical (unpaired) electrons. The lowest BCUT2D eigenvalue weighted by atomic mass is 10.1. The zero-order valence-electron chi connectivity index (χ0n) is 12.5. The third-order valence-electron chi connectivity index (χ3n) is 2.94. The number of anilines is 1. The summed E-state index contributed by atoms with van der Waals surface area (Å²) in [6, 6.07) is 8.27. The van der Waals surface area contributed by atoms with Crippen molar-refractivity contribution in [2.45, 2.75) is 46.1 Å². The number of nitrogens with one attached hydrogen (secondary N) is 1. The van der Waals surface area contributed by atoms with Gasteiger partial charge in [0.05, 0.1) is 12.3 Å². The number of benzene rings is 1. The van der Waals surface area contributed by atoms with Crippen LogP contribution >= 0.6 is 0 Å². The Hall–Kier alpha value is -1.22. The fraction of sp³-hybridized carbons (Fsp3) is 0.625. The third-order valence-corrected chi connectivity index (χ3v) is 2.94. The van der Waals surface area contributed by atoms with Crippen molar-refractivity contribution in [1.82, 2.24) is 0 Å². The van der Waals surface area contributed by atoms with E-state index < -0.39 is 0 Å². The van der Waals surface area contributed by atoms with Crippen LogP contribution < -0.4 is 15.8 Å². The summed E-state index contributed by atoms with van der Waals surface area (Å²) >= 11 is 0. The largest absolute Gasteiger partial charge is 0.491 e. The van der Waals surface area contributed by atoms with Gasteiger partial charge in [-0.1, -0.05) is 45.7 Å². The Balaban J connectivity index is 2.48. The Labute approximate surface area is 117 Å². The zero-order valence-corrected chi connectivity index (χ0v) is 12.5. The molecule has 0 amide bonds. The molecule has 1 aromatic rings. The van der Waals surface area contributed by atoms with Crippen molar-refractivity contribution in [3.63, 3.8) is 0 Å². The second-order valence-electron chi connectivity index (χ2n) is 5.48. The molecule has 0 aliphatic carbocycles. The Morgan fingerprint density at radius 2 is 2.00 bits per heavy atom. The van der Waals surface area contributed by atoms with Crippen LogP contribution in [0.2, 0.25) is 0 Å². The van der Waals surface area contributed by atoms with Crippen LogP contribution in [-0.2, 0) is 0 Å². The Bertz CT molecular complexity index is 352. The molecular formula is C16H28N2O. The van der Waals surface area contributed by atoms with Gasteiger partial charge in [0, 0.05) is 12.6 Å². The molecule has 1 atom stereocenters. The molecule has 108 valence electrons. The highest BCUT2D eigenvalue weighted by molar-refractivity contribution is 5.56. The summed E-state index contributed by atoms with van der Waals surface area (Å²) in [5.41, 5.74) is 7.11. The molecule has 0 saturated heterocycles. The highest BCUT2D eigenvalue weighted by atomic mass is 16.5. The summed E-state index contributed by atoms with van der Waals surface area (Å²) in [5.74, 6) is 1.44. The predicted octanol–water partition coefficient (Wildman–Crippen LogP) is 3.65. The number of nitrogens with two attached hydrogens (primary N) is 1. The topological polar surface area (TPSA) is 47.3 Å². The molecule has 1 unspecified atom stereocenters. The molecule has 0 aromatic heterocycles. The fourth-order valence-electron chi connectivity index (χ4n) is 1.80. The molecule has 0 aliphatic rings. The van der Waals surface area contributed by atoms with Gasteiger partial charge < -0.3 is 15.8 Å². The van der Waals surface area contributed by atoms with Crippen LogP contribution in [0, 0.1) is 5.92 Å². The standard InChI is InChI=1S/C16H28N2O/c1-4-5-8-14(17)11-18-15-9-6-7-10-16(15)19-12-13(2)3/h6-7,9-10,13-14,18H,4-5,8,11-12,17H2,1-3H3. The first-order valence-corrected chi connectivity index (χ1v) is 7.34. The lowest BCUT2D eigenvalue weighted by molar-refractivity contribution is 0.272. The molecule has 1 rings (SSSR count). The van der Waals surface area contributed by atoms with E-state index in [2.05, 4.69) is 26.1 Å². The molecule has 1 aromatic carbocycles. The van der Waals surface area contributed by atoms with Gasteiger partial charge in [0.1, 0.15) is 5.75 Å². The number of ether oxygens (including phenoxy) is 1. The van der Waals surface area contributed by atoms with Gasteiger partial charge in [-0.25, -0.2) is 0 Å². The molecule has 19 heavy (non-hydrogen) atoms.